The van der Waals surface area contributed by atoms with Crippen molar-refractivity contribution in [2.45, 2.75) is 64.2 Å². The predicted octanol–water partition coefficient (Wildman–Crippen LogP) is 6.82. The fourth-order valence-corrected chi connectivity index (χ4v) is 5.64. The van der Waals surface area contributed by atoms with E-state index in [0.717, 1.165) is 24.0 Å². The van der Waals surface area contributed by atoms with Gasteiger partial charge < -0.3 is 19.6 Å². The van der Waals surface area contributed by atoms with Gasteiger partial charge in [0.2, 0.25) is 0 Å². The molecule has 4 nitrogen and oxygen atoms in total. The van der Waals surface area contributed by atoms with Gasteiger partial charge in [0.25, 0.3) is 0 Å². The average molecular weight is 554 g/mol. The van der Waals surface area contributed by atoms with Gasteiger partial charge in [0.1, 0.15) is 11.5 Å². The molecule has 0 aliphatic heterocycles. The molecule has 0 spiro atoms. The van der Waals surface area contributed by atoms with Gasteiger partial charge in [-0.1, -0.05) is 12.1 Å². The number of methoxy groups -OCH3 is 1. The SMILES string of the molecule is CN(C)CCCC1CCc2cc(O)ccc2C1.COc1ccc2c(c1)CCC(CCCN(C)C)C2.Cl.Cl. The molecule has 2 aliphatic carbocycles. The van der Waals surface area contributed by atoms with Gasteiger partial charge in [-0.2, -0.15) is 0 Å². The fourth-order valence-electron chi connectivity index (χ4n) is 5.64. The molecule has 6 heteroatoms. The standard InChI is InChI=1S/C16H25NO.C15H23NO.2ClH/c1-17(2)10-4-5-13-6-7-15-12-16(18-3)9-8-14(15)11-13;1-16(2)9-3-4-12-5-6-14-11-15(17)8-7-13(14)10-12;;/h8-9,12-13H,4-7,10-11H2,1-3H3;7-8,11-12,17H,3-6,9-10H2,1-2H3;2*1H. The van der Waals surface area contributed by atoms with Crippen LogP contribution < -0.4 is 4.74 Å². The third-order valence-corrected chi connectivity index (χ3v) is 7.70. The Bertz CT molecular complexity index is 920. The molecular weight excluding hydrogens is 503 g/mol. The highest BCUT2D eigenvalue weighted by Crippen LogP contribution is 2.31. The fraction of sp³-hybridized carbons (Fsp3) is 0.613. The van der Waals surface area contributed by atoms with E-state index < -0.39 is 0 Å². The minimum absolute atomic E-state index is 0. The van der Waals surface area contributed by atoms with Crippen molar-refractivity contribution in [3.05, 3.63) is 58.7 Å². The summed E-state index contributed by atoms with van der Waals surface area (Å²) in [5, 5.41) is 9.45. The van der Waals surface area contributed by atoms with E-state index in [4.69, 9.17) is 4.74 Å². The van der Waals surface area contributed by atoms with Gasteiger partial charge in [0.15, 0.2) is 0 Å². The number of rotatable bonds is 9. The maximum absolute atomic E-state index is 9.45. The predicted molar refractivity (Wildman–Crippen MR) is 162 cm³/mol. The van der Waals surface area contributed by atoms with E-state index in [1.165, 1.54) is 93.1 Å². The molecule has 210 valence electrons. The number of phenolic OH excluding ortho intramolecular Hbond substituents is 1. The lowest BCUT2D eigenvalue weighted by molar-refractivity contribution is 0.348. The van der Waals surface area contributed by atoms with Crippen LogP contribution in [-0.2, 0) is 25.7 Å². The average Bonchev–Trinajstić information content (AvgIpc) is 2.83. The Morgan fingerprint density at radius 2 is 1.22 bits per heavy atom. The van der Waals surface area contributed by atoms with Crippen molar-refractivity contribution in [1.29, 1.82) is 0 Å². The molecule has 0 amide bonds. The van der Waals surface area contributed by atoms with Crippen molar-refractivity contribution in [3.63, 3.8) is 0 Å². The molecule has 0 saturated carbocycles. The maximum atomic E-state index is 9.45. The van der Waals surface area contributed by atoms with Crippen LogP contribution in [0.4, 0.5) is 0 Å². The highest BCUT2D eigenvalue weighted by Gasteiger charge is 2.19. The van der Waals surface area contributed by atoms with Crippen LogP contribution in [0, 0.1) is 11.8 Å². The van der Waals surface area contributed by atoms with Crippen LogP contribution in [0.3, 0.4) is 0 Å². The van der Waals surface area contributed by atoms with E-state index in [2.05, 4.69) is 62.3 Å². The van der Waals surface area contributed by atoms with E-state index in [1.807, 2.05) is 12.1 Å². The van der Waals surface area contributed by atoms with Gasteiger partial charge in [-0.15, -0.1) is 24.8 Å². The van der Waals surface area contributed by atoms with Gasteiger partial charge in [-0.25, -0.2) is 0 Å². The Hall–Kier alpha value is -1.46. The molecule has 0 saturated heterocycles. The normalized spacial score (nSPS) is 18.0. The Labute approximate surface area is 238 Å². The van der Waals surface area contributed by atoms with Crippen molar-refractivity contribution < 1.29 is 9.84 Å². The quantitative estimate of drug-likeness (QED) is 0.370. The van der Waals surface area contributed by atoms with Crippen LogP contribution in [0.2, 0.25) is 0 Å². The third-order valence-electron chi connectivity index (χ3n) is 7.70. The minimum atomic E-state index is 0. The number of benzene rings is 2. The third kappa shape index (κ3) is 11.4. The van der Waals surface area contributed by atoms with Crippen molar-refractivity contribution >= 4 is 24.8 Å². The highest BCUT2D eigenvalue weighted by atomic mass is 35.5. The lowest BCUT2D eigenvalue weighted by Crippen LogP contribution is -2.18. The first-order valence-electron chi connectivity index (χ1n) is 13.6. The molecule has 0 bridgehead atoms. The van der Waals surface area contributed by atoms with Crippen LogP contribution in [0.25, 0.3) is 0 Å². The number of phenols is 1. The smallest absolute Gasteiger partial charge is 0.119 e. The Balaban J connectivity index is 0.000000351. The molecule has 2 atom stereocenters. The lowest BCUT2D eigenvalue weighted by Gasteiger charge is -2.25. The maximum Gasteiger partial charge on any atom is 0.119 e. The van der Waals surface area contributed by atoms with E-state index in [1.54, 1.807) is 7.11 Å². The van der Waals surface area contributed by atoms with Gasteiger partial charge in [0.05, 0.1) is 7.11 Å². The number of fused-ring (bicyclic) bond motifs is 2. The summed E-state index contributed by atoms with van der Waals surface area (Å²) in [5.74, 6) is 3.13. The molecule has 2 unspecified atom stereocenters. The zero-order chi connectivity index (χ0) is 25.2. The number of hydrogen-bond donors (Lipinski definition) is 1. The molecular formula is C31H50Cl2N2O2. The number of hydrogen-bond acceptors (Lipinski definition) is 4. The first kappa shape index (κ1) is 33.6. The molecule has 1 N–H and O–H groups in total. The molecule has 37 heavy (non-hydrogen) atoms. The van der Waals surface area contributed by atoms with Gasteiger partial charge >= 0.3 is 0 Å². The second kappa shape index (κ2) is 17.2. The number of aryl methyl sites for hydroxylation is 2. The van der Waals surface area contributed by atoms with Crippen LogP contribution in [0.5, 0.6) is 11.5 Å². The number of ether oxygens (including phenoxy) is 1. The summed E-state index contributed by atoms with van der Waals surface area (Å²) in [6, 6.07) is 12.4. The van der Waals surface area contributed by atoms with E-state index >= 15 is 0 Å². The van der Waals surface area contributed by atoms with Crippen molar-refractivity contribution in [1.82, 2.24) is 9.80 Å². The molecule has 2 aromatic carbocycles. The van der Waals surface area contributed by atoms with E-state index in [0.29, 0.717) is 5.75 Å². The van der Waals surface area contributed by atoms with Gasteiger partial charge in [0, 0.05) is 0 Å². The summed E-state index contributed by atoms with van der Waals surface area (Å²) < 4.78 is 5.29. The van der Waals surface area contributed by atoms with Crippen LogP contribution in [0.1, 0.15) is 60.8 Å². The molecule has 4 rings (SSSR count). The van der Waals surface area contributed by atoms with Crippen molar-refractivity contribution in [2.24, 2.45) is 11.8 Å². The van der Waals surface area contributed by atoms with Crippen LogP contribution in [0.15, 0.2) is 36.4 Å². The molecule has 0 fully saturated rings. The lowest BCUT2D eigenvalue weighted by atomic mass is 9.81. The van der Waals surface area contributed by atoms with Crippen molar-refractivity contribution in [3.8, 4) is 11.5 Å². The minimum Gasteiger partial charge on any atom is -0.508 e. The first-order valence-corrected chi connectivity index (χ1v) is 13.6. The zero-order valence-electron chi connectivity index (χ0n) is 23.7. The topological polar surface area (TPSA) is 35.9 Å². The van der Waals surface area contributed by atoms with E-state index in [-0.39, 0.29) is 24.8 Å². The molecule has 0 aromatic heterocycles. The molecule has 2 aromatic rings. The summed E-state index contributed by atoms with van der Waals surface area (Å²) in [6.45, 7) is 2.41. The van der Waals surface area contributed by atoms with Gasteiger partial charge in [-0.05, 0) is 164 Å². The summed E-state index contributed by atoms with van der Waals surface area (Å²) in [6.07, 6.45) is 12.7. The first-order chi connectivity index (χ1) is 16.8. The summed E-state index contributed by atoms with van der Waals surface area (Å²) in [7, 11) is 10.3. The Kier molecular flexibility index (Phi) is 15.6. The number of aromatic hydroxyl groups is 1. The van der Waals surface area contributed by atoms with E-state index in [9.17, 15) is 5.11 Å². The largest absolute Gasteiger partial charge is 0.508 e. The Morgan fingerprint density at radius 3 is 1.70 bits per heavy atom. The Morgan fingerprint density at radius 1 is 0.730 bits per heavy atom. The summed E-state index contributed by atoms with van der Waals surface area (Å²) >= 11 is 0. The zero-order valence-corrected chi connectivity index (χ0v) is 25.3. The van der Waals surface area contributed by atoms with Crippen molar-refractivity contribution in [2.75, 3.05) is 48.4 Å². The monoisotopic (exact) mass is 552 g/mol. The van der Waals surface area contributed by atoms with Gasteiger partial charge in [-0.3, -0.25) is 0 Å². The number of nitrogens with zero attached hydrogens (tertiary/aromatic N) is 2. The highest BCUT2D eigenvalue weighted by molar-refractivity contribution is 5.85. The summed E-state index contributed by atoms with van der Waals surface area (Å²) in [4.78, 5) is 4.54. The second-order valence-electron chi connectivity index (χ2n) is 11.2. The summed E-state index contributed by atoms with van der Waals surface area (Å²) in [5.41, 5.74) is 5.84. The molecule has 2 aliphatic rings. The number of halogens is 2. The molecule has 0 heterocycles. The second-order valence-corrected chi connectivity index (χ2v) is 11.2. The van der Waals surface area contributed by atoms with Crippen LogP contribution >= 0.6 is 24.8 Å². The molecule has 0 radical (unpaired) electrons. The van der Waals surface area contributed by atoms with Crippen LogP contribution in [-0.4, -0.2) is 63.3 Å².